The monoisotopic (exact) mass is 462 g/mol. The summed E-state index contributed by atoms with van der Waals surface area (Å²) in [5.74, 6) is 0.558. The summed E-state index contributed by atoms with van der Waals surface area (Å²) in [6, 6.07) is 14.9. The summed E-state index contributed by atoms with van der Waals surface area (Å²) >= 11 is 1.29. The number of aromatic nitrogens is 1. The number of para-hydroxylation sites is 1. The molecular weight excluding hydrogens is 436 g/mol. The minimum absolute atomic E-state index is 0.212. The lowest BCUT2D eigenvalue weighted by Crippen LogP contribution is -2.39. The summed E-state index contributed by atoms with van der Waals surface area (Å²) < 4.78 is 12.6. The van der Waals surface area contributed by atoms with Crippen molar-refractivity contribution in [1.82, 2.24) is 4.57 Å². The van der Waals surface area contributed by atoms with Crippen LogP contribution in [0.5, 0.6) is 5.75 Å². The number of esters is 1. The second kappa shape index (κ2) is 9.19. The van der Waals surface area contributed by atoms with Gasteiger partial charge in [-0.3, -0.25) is 9.36 Å². The lowest BCUT2D eigenvalue weighted by atomic mass is 9.93. The molecule has 7 heteroatoms. The number of hydrogen-bond acceptors (Lipinski definition) is 6. The van der Waals surface area contributed by atoms with E-state index in [1.807, 2.05) is 48.5 Å². The van der Waals surface area contributed by atoms with E-state index in [0.29, 0.717) is 32.3 Å². The molecule has 0 amide bonds. The number of benzene rings is 2. The predicted molar refractivity (Wildman–Crippen MR) is 129 cm³/mol. The lowest BCUT2D eigenvalue weighted by molar-refractivity contribution is -0.136. The second-order valence-corrected chi connectivity index (χ2v) is 9.15. The predicted octanol–water partition coefficient (Wildman–Crippen LogP) is 3.54. The Morgan fingerprint density at radius 1 is 1.12 bits per heavy atom. The zero-order valence-corrected chi connectivity index (χ0v) is 20.1. The fourth-order valence-electron chi connectivity index (χ4n) is 4.00. The maximum absolute atomic E-state index is 13.6. The zero-order chi connectivity index (χ0) is 23.7. The fraction of sp³-hybridized carbons (Fsp3) is 0.269. The highest BCUT2D eigenvalue weighted by molar-refractivity contribution is 7.07. The summed E-state index contributed by atoms with van der Waals surface area (Å²) in [5.41, 5.74) is 3.51. The van der Waals surface area contributed by atoms with Crippen molar-refractivity contribution < 1.29 is 14.3 Å². The van der Waals surface area contributed by atoms with Crippen molar-refractivity contribution in [1.29, 1.82) is 0 Å². The molecule has 0 fully saturated rings. The van der Waals surface area contributed by atoms with Gasteiger partial charge in [0.2, 0.25) is 0 Å². The normalized spacial score (nSPS) is 15.9. The number of carbonyl (C=O) groups is 1. The van der Waals surface area contributed by atoms with E-state index in [2.05, 4.69) is 18.8 Å². The molecule has 0 saturated carbocycles. The Hall–Kier alpha value is -3.45. The average Bonchev–Trinajstić information content (AvgIpc) is 3.12. The number of rotatable bonds is 5. The van der Waals surface area contributed by atoms with Gasteiger partial charge in [0.05, 0.1) is 36.1 Å². The van der Waals surface area contributed by atoms with Gasteiger partial charge in [0, 0.05) is 5.56 Å². The first-order valence-electron chi connectivity index (χ1n) is 10.7. The molecule has 0 aliphatic carbocycles. The summed E-state index contributed by atoms with van der Waals surface area (Å²) in [4.78, 5) is 31.5. The van der Waals surface area contributed by atoms with Crippen molar-refractivity contribution in [3.05, 3.63) is 96.2 Å². The molecule has 4 rings (SSSR count). The third-order valence-electron chi connectivity index (χ3n) is 5.77. The van der Waals surface area contributed by atoms with E-state index in [4.69, 9.17) is 9.47 Å². The number of thiazole rings is 1. The van der Waals surface area contributed by atoms with Gasteiger partial charge in [-0.1, -0.05) is 67.6 Å². The number of fused-ring (bicyclic) bond motifs is 1. The van der Waals surface area contributed by atoms with Crippen molar-refractivity contribution in [2.24, 2.45) is 4.99 Å². The van der Waals surface area contributed by atoms with E-state index in [-0.39, 0.29) is 5.56 Å². The van der Waals surface area contributed by atoms with Gasteiger partial charge in [0.15, 0.2) is 4.80 Å². The van der Waals surface area contributed by atoms with Crippen molar-refractivity contribution >= 4 is 23.4 Å². The van der Waals surface area contributed by atoms with Gasteiger partial charge < -0.3 is 9.47 Å². The van der Waals surface area contributed by atoms with Crippen molar-refractivity contribution in [3.63, 3.8) is 0 Å². The van der Waals surface area contributed by atoms with Gasteiger partial charge in [-0.2, -0.15) is 0 Å². The number of methoxy groups -OCH3 is 2. The number of nitrogens with zero attached hydrogens (tertiary/aromatic N) is 2. The molecule has 0 bridgehead atoms. The number of carbonyl (C=O) groups excluding carboxylic acids is 1. The maximum atomic E-state index is 13.6. The first-order chi connectivity index (χ1) is 15.8. The molecule has 0 spiro atoms. The van der Waals surface area contributed by atoms with Crippen molar-refractivity contribution in [2.45, 2.75) is 32.7 Å². The standard InChI is InChI=1S/C26H26N2O4S/c1-15(2)17-10-12-18(13-11-17)23-22(25(30)32-5)16(3)27-26-28(23)24(29)21(33-26)14-19-8-6-7-9-20(19)31-4/h6-15,23H,1-5H3/b21-14+. The highest BCUT2D eigenvalue weighted by atomic mass is 32.1. The van der Waals surface area contributed by atoms with Crippen LogP contribution in [0.2, 0.25) is 0 Å². The Labute approximate surface area is 196 Å². The Bertz CT molecular complexity index is 1410. The smallest absolute Gasteiger partial charge is 0.338 e. The maximum Gasteiger partial charge on any atom is 0.338 e. The van der Waals surface area contributed by atoms with Crippen LogP contribution in [0.3, 0.4) is 0 Å². The Balaban J connectivity index is 1.96. The van der Waals surface area contributed by atoms with E-state index in [0.717, 1.165) is 11.1 Å². The third kappa shape index (κ3) is 4.16. The Kier molecular flexibility index (Phi) is 6.33. The van der Waals surface area contributed by atoms with Gasteiger partial charge in [-0.15, -0.1) is 0 Å². The highest BCUT2D eigenvalue weighted by Gasteiger charge is 2.33. The molecule has 1 aliphatic rings. The topological polar surface area (TPSA) is 69.9 Å². The van der Waals surface area contributed by atoms with Crippen molar-refractivity contribution in [2.75, 3.05) is 14.2 Å². The minimum Gasteiger partial charge on any atom is -0.496 e. The number of ether oxygens (including phenoxy) is 2. The molecule has 1 unspecified atom stereocenters. The first kappa shape index (κ1) is 22.7. The van der Waals surface area contributed by atoms with Crippen LogP contribution < -0.4 is 19.6 Å². The largest absolute Gasteiger partial charge is 0.496 e. The quantitative estimate of drug-likeness (QED) is 0.544. The molecule has 0 radical (unpaired) electrons. The van der Waals surface area contributed by atoms with Crippen LogP contribution in [0.1, 0.15) is 49.4 Å². The van der Waals surface area contributed by atoms with Crippen LogP contribution in [0.25, 0.3) is 6.08 Å². The molecule has 170 valence electrons. The van der Waals surface area contributed by atoms with E-state index in [1.165, 1.54) is 24.0 Å². The van der Waals surface area contributed by atoms with Gasteiger partial charge in [-0.25, -0.2) is 9.79 Å². The van der Waals surface area contributed by atoms with Gasteiger partial charge in [0.25, 0.3) is 5.56 Å². The summed E-state index contributed by atoms with van der Waals surface area (Å²) in [6.07, 6.45) is 1.80. The second-order valence-electron chi connectivity index (χ2n) is 8.14. The minimum atomic E-state index is -0.616. The van der Waals surface area contributed by atoms with Crippen molar-refractivity contribution in [3.8, 4) is 5.75 Å². The molecule has 2 heterocycles. The van der Waals surface area contributed by atoms with Gasteiger partial charge >= 0.3 is 5.97 Å². The molecule has 1 aromatic heterocycles. The SMILES string of the molecule is COC(=O)C1=C(C)N=c2s/c(=C/c3ccccc3OC)c(=O)n2C1c1ccc(C(C)C)cc1. The van der Waals surface area contributed by atoms with Gasteiger partial charge in [-0.05, 0) is 36.1 Å². The van der Waals surface area contributed by atoms with E-state index >= 15 is 0 Å². The molecule has 1 aliphatic heterocycles. The molecule has 0 N–H and O–H groups in total. The van der Waals surface area contributed by atoms with E-state index < -0.39 is 12.0 Å². The van der Waals surface area contributed by atoms with Crippen LogP contribution in [-0.4, -0.2) is 24.8 Å². The molecule has 2 aromatic carbocycles. The lowest BCUT2D eigenvalue weighted by Gasteiger charge is -2.24. The zero-order valence-electron chi connectivity index (χ0n) is 19.3. The Morgan fingerprint density at radius 3 is 2.45 bits per heavy atom. The fourth-order valence-corrected chi connectivity index (χ4v) is 5.04. The number of hydrogen-bond donors (Lipinski definition) is 0. The van der Waals surface area contributed by atoms with Crippen LogP contribution >= 0.6 is 11.3 Å². The highest BCUT2D eigenvalue weighted by Crippen LogP contribution is 2.31. The van der Waals surface area contributed by atoms with Crippen LogP contribution in [0.15, 0.2) is 69.6 Å². The van der Waals surface area contributed by atoms with Crippen LogP contribution in [-0.2, 0) is 9.53 Å². The molecule has 3 aromatic rings. The summed E-state index contributed by atoms with van der Waals surface area (Å²) in [6.45, 7) is 6.03. The average molecular weight is 463 g/mol. The van der Waals surface area contributed by atoms with Gasteiger partial charge in [0.1, 0.15) is 5.75 Å². The molecule has 0 saturated heterocycles. The Morgan fingerprint density at radius 2 is 1.82 bits per heavy atom. The molecule has 1 atom stereocenters. The van der Waals surface area contributed by atoms with E-state index in [1.54, 1.807) is 24.7 Å². The summed E-state index contributed by atoms with van der Waals surface area (Å²) in [7, 11) is 2.94. The first-order valence-corrected chi connectivity index (χ1v) is 11.5. The third-order valence-corrected chi connectivity index (χ3v) is 6.75. The molecule has 6 nitrogen and oxygen atoms in total. The summed E-state index contributed by atoms with van der Waals surface area (Å²) in [5, 5.41) is 0. The van der Waals surface area contributed by atoms with E-state index in [9.17, 15) is 9.59 Å². The molecular formula is C26H26N2O4S. The molecule has 33 heavy (non-hydrogen) atoms. The van der Waals surface area contributed by atoms with Crippen LogP contribution in [0, 0.1) is 0 Å². The van der Waals surface area contributed by atoms with Crippen LogP contribution in [0.4, 0.5) is 0 Å². The number of allylic oxidation sites excluding steroid dienone is 1.